The Balaban J connectivity index is 1.66. The molecular weight excluding hydrogens is 250 g/mol. The highest BCUT2D eigenvalue weighted by molar-refractivity contribution is 5.79. The van der Waals surface area contributed by atoms with E-state index in [0.717, 1.165) is 30.4 Å². The molecule has 0 saturated carbocycles. The number of likely N-dealkylation sites (tertiary alicyclic amines) is 1. The van der Waals surface area contributed by atoms with Crippen LogP contribution in [0.15, 0.2) is 36.5 Å². The predicted molar refractivity (Wildman–Crippen MR) is 79.2 cm³/mol. The van der Waals surface area contributed by atoms with Gasteiger partial charge in [-0.05, 0) is 36.6 Å². The van der Waals surface area contributed by atoms with Crippen molar-refractivity contribution in [1.29, 1.82) is 0 Å². The molecule has 1 amide bonds. The van der Waals surface area contributed by atoms with Crippen molar-refractivity contribution in [3.05, 3.63) is 42.1 Å². The lowest BCUT2D eigenvalue weighted by Gasteiger charge is -2.16. The molecule has 1 saturated heterocycles. The number of nitrogens with two attached hydrogens (primary N) is 1. The van der Waals surface area contributed by atoms with E-state index in [4.69, 9.17) is 5.73 Å². The van der Waals surface area contributed by atoms with E-state index in [0.29, 0.717) is 18.9 Å². The first-order valence-corrected chi connectivity index (χ1v) is 7.08. The third-order valence-corrected chi connectivity index (χ3v) is 3.95. The van der Waals surface area contributed by atoms with Crippen molar-refractivity contribution in [2.24, 2.45) is 11.7 Å². The molecule has 1 aromatic carbocycles. The van der Waals surface area contributed by atoms with Crippen molar-refractivity contribution < 1.29 is 4.79 Å². The Morgan fingerprint density at radius 3 is 3.00 bits per heavy atom. The molecule has 2 aromatic rings. The van der Waals surface area contributed by atoms with Gasteiger partial charge in [0.1, 0.15) is 0 Å². The summed E-state index contributed by atoms with van der Waals surface area (Å²) in [7, 11) is 0. The van der Waals surface area contributed by atoms with Gasteiger partial charge in [-0.25, -0.2) is 0 Å². The van der Waals surface area contributed by atoms with Crippen LogP contribution in [-0.2, 0) is 11.2 Å². The second kappa shape index (κ2) is 5.59. The highest BCUT2D eigenvalue weighted by Gasteiger charge is 2.27. The highest BCUT2D eigenvalue weighted by Crippen LogP contribution is 2.18. The van der Waals surface area contributed by atoms with E-state index in [2.05, 4.69) is 17.1 Å². The van der Waals surface area contributed by atoms with Crippen LogP contribution in [0.3, 0.4) is 0 Å². The van der Waals surface area contributed by atoms with Crippen molar-refractivity contribution in [3.63, 3.8) is 0 Å². The number of nitrogens with zero attached hydrogens (tertiary/aromatic N) is 2. The number of fused-ring (bicyclic) bond motifs is 1. The molecule has 1 aromatic heterocycles. The normalized spacial score (nSPS) is 18.9. The lowest BCUT2D eigenvalue weighted by molar-refractivity contribution is -0.127. The molecule has 0 aliphatic carbocycles. The standard InChI is InChI=1S/C16H19N3O/c17-9-13-8-16(20)19(11-13)6-5-12-7-14-3-1-2-4-15(14)18-10-12/h1-4,7,10,13H,5-6,8-9,11,17H2. The number of rotatable bonds is 4. The summed E-state index contributed by atoms with van der Waals surface area (Å²) < 4.78 is 0. The molecule has 0 radical (unpaired) electrons. The van der Waals surface area contributed by atoms with Crippen LogP contribution in [0.1, 0.15) is 12.0 Å². The fraction of sp³-hybridized carbons (Fsp3) is 0.375. The quantitative estimate of drug-likeness (QED) is 0.917. The Hall–Kier alpha value is -1.94. The topological polar surface area (TPSA) is 59.2 Å². The molecule has 1 aliphatic heterocycles. The molecule has 104 valence electrons. The smallest absolute Gasteiger partial charge is 0.222 e. The van der Waals surface area contributed by atoms with Crippen LogP contribution in [-0.4, -0.2) is 35.4 Å². The monoisotopic (exact) mass is 269 g/mol. The SMILES string of the molecule is NCC1CC(=O)N(CCc2cnc3ccccc3c2)C1. The molecule has 0 spiro atoms. The molecule has 4 heteroatoms. The summed E-state index contributed by atoms with van der Waals surface area (Å²) in [6.07, 6.45) is 3.36. The summed E-state index contributed by atoms with van der Waals surface area (Å²) in [5.41, 5.74) is 7.82. The van der Waals surface area contributed by atoms with E-state index in [1.54, 1.807) is 0 Å². The van der Waals surface area contributed by atoms with Crippen LogP contribution in [0, 0.1) is 5.92 Å². The highest BCUT2D eigenvalue weighted by atomic mass is 16.2. The third-order valence-electron chi connectivity index (χ3n) is 3.95. The predicted octanol–water partition coefficient (Wildman–Crippen LogP) is 1.58. The second-order valence-corrected chi connectivity index (χ2v) is 5.43. The fourth-order valence-corrected chi connectivity index (χ4v) is 2.75. The van der Waals surface area contributed by atoms with Gasteiger partial charge < -0.3 is 10.6 Å². The second-order valence-electron chi connectivity index (χ2n) is 5.43. The largest absolute Gasteiger partial charge is 0.342 e. The molecule has 1 aliphatic rings. The van der Waals surface area contributed by atoms with Crippen LogP contribution in [0.5, 0.6) is 0 Å². The first-order chi connectivity index (χ1) is 9.76. The average Bonchev–Trinajstić information content (AvgIpc) is 2.85. The summed E-state index contributed by atoms with van der Waals surface area (Å²) in [6, 6.07) is 10.2. The zero-order chi connectivity index (χ0) is 13.9. The zero-order valence-corrected chi connectivity index (χ0v) is 11.5. The van der Waals surface area contributed by atoms with E-state index in [-0.39, 0.29) is 5.91 Å². The maximum absolute atomic E-state index is 11.8. The number of amides is 1. The molecule has 1 fully saturated rings. The van der Waals surface area contributed by atoms with Crippen LogP contribution in [0.4, 0.5) is 0 Å². The van der Waals surface area contributed by atoms with Gasteiger partial charge in [0, 0.05) is 31.1 Å². The van der Waals surface area contributed by atoms with E-state index < -0.39 is 0 Å². The van der Waals surface area contributed by atoms with Gasteiger partial charge in [0.15, 0.2) is 0 Å². The van der Waals surface area contributed by atoms with Gasteiger partial charge in [-0.1, -0.05) is 18.2 Å². The van der Waals surface area contributed by atoms with Crippen LogP contribution >= 0.6 is 0 Å². The van der Waals surface area contributed by atoms with Crippen molar-refractivity contribution in [1.82, 2.24) is 9.88 Å². The third kappa shape index (κ3) is 2.65. The summed E-state index contributed by atoms with van der Waals surface area (Å²) >= 11 is 0. The Morgan fingerprint density at radius 2 is 2.20 bits per heavy atom. The number of carbonyl (C=O) groups excluding carboxylic acids is 1. The first kappa shape index (κ1) is 13.1. The number of pyridine rings is 1. The maximum atomic E-state index is 11.8. The minimum atomic E-state index is 0.231. The zero-order valence-electron chi connectivity index (χ0n) is 11.5. The van der Waals surface area contributed by atoms with Gasteiger partial charge in [0.2, 0.25) is 5.91 Å². The number of hydrogen-bond acceptors (Lipinski definition) is 3. The van der Waals surface area contributed by atoms with Gasteiger partial charge in [0.25, 0.3) is 0 Å². The van der Waals surface area contributed by atoms with Crippen molar-refractivity contribution in [2.45, 2.75) is 12.8 Å². The van der Waals surface area contributed by atoms with Gasteiger partial charge in [-0.3, -0.25) is 9.78 Å². The molecule has 3 rings (SSSR count). The van der Waals surface area contributed by atoms with Crippen molar-refractivity contribution in [2.75, 3.05) is 19.6 Å². The first-order valence-electron chi connectivity index (χ1n) is 7.08. The summed E-state index contributed by atoms with van der Waals surface area (Å²) in [4.78, 5) is 18.2. The number of para-hydroxylation sites is 1. The maximum Gasteiger partial charge on any atom is 0.222 e. The van der Waals surface area contributed by atoms with Gasteiger partial charge >= 0.3 is 0 Å². The molecule has 0 bridgehead atoms. The van der Waals surface area contributed by atoms with Gasteiger partial charge in [-0.2, -0.15) is 0 Å². The molecule has 2 heterocycles. The number of aromatic nitrogens is 1. The Morgan fingerprint density at radius 1 is 1.35 bits per heavy atom. The molecule has 1 atom stereocenters. The van der Waals surface area contributed by atoms with E-state index in [9.17, 15) is 4.79 Å². The summed E-state index contributed by atoms with van der Waals surface area (Å²) in [5, 5.41) is 1.15. The Kier molecular flexibility index (Phi) is 3.65. The van der Waals surface area contributed by atoms with Gasteiger partial charge in [-0.15, -0.1) is 0 Å². The minimum absolute atomic E-state index is 0.231. The lowest BCUT2D eigenvalue weighted by Crippen LogP contribution is -2.28. The minimum Gasteiger partial charge on any atom is -0.342 e. The van der Waals surface area contributed by atoms with E-state index in [1.165, 1.54) is 5.56 Å². The van der Waals surface area contributed by atoms with Gasteiger partial charge in [0.05, 0.1) is 5.52 Å². The molecule has 1 unspecified atom stereocenters. The number of benzene rings is 1. The number of carbonyl (C=O) groups is 1. The average molecular weight is 269 g/mol. The molecule has 2 N–H and O–H groups in total. The number of hydrogen-bond donors (Lipinski definition) is 1. The van der Waals surface area contributed by atoms with Crippen molar-refractivity contribution >= 4 is 16.8 Å². The fourth-order valence-electron chi connectivity index (χ4n) is 2.75. The summed E-state index contributed by atoms with van der Waals surface area (Å²) in [6.45, 7) is 2.16. The molecule has 4 nitrogen and oxygen atoms in total. The van der Waals surface area contributed by atoms with E-state index in [1.807, 2.05) is 29.3 Å². The van der Waals surface area contributed by atoms with E-state index >= 15 is 0 Å². The van der Waals surface area contributed by atoms with Crippen LogP contribution < -0.4 is 5.73 Å². The van der Waals surface area contributed by atoms with Crippen LogP contribution in [0.2, 0.25) is 0 Å². The summed E-state index contributed by atoms with van der Waals surface area (Å²) in [5.74, 6) is 0.562. The molecule has 20 heavy (non-hydrogen) atoms. The Labute approximate surface area is 118 Å². The Bertz CT molecular complexity index is 626. The molecular formula is C16H19N3O. The lowest BCUT2D eigenvalue weighted by atomic mass is 10.1. The van der Waals surface area contributed by atoms with Crippen molar-refractivity contribution in [3.8, 4) is 0 Å². The van der Waals surface area contributed by atoms with Crippen LogP contribution in [0.25, 0.3) is 10.9 Å².